The minimum atomic E-state index is -1.23. The highest BCUT2D eigenvalue weighted by Gasteiger charge is 2.54. The quantitative estimate of drug-likeness (QED) is 0.0982. The lowest BCUT2D eigenvalue weighted by Crippen LogP contribution is -2.71. The number of rotatable bonds is 9. The minimum Gasteiger partial charge on any atom is -0.477 e. The summed E-state index contributed by atoms with van der Waals surface area (Å²) in [4.78, 5) is 48.0. The summed E-state index contributed by atoms with van der Waals surface area (Å²) in [7, 11) is 0. The first-order valence-corrected chi connectivity index (χ1v) is 13.6. The van der Waals surface area contributed by atoms with E-state index in [-0.39, 0.29) is 33.2 Å². The van der Waals surface area contributed by atoms with Gasteiger partial charge in [0.1, 0.15) is 32.7 Å². The van der Waals surface area contributed by atoms with E-state index in [4.69, 9.17) is 28.6 Å². The first kappa shape index (κ1) is 25.3. The molecule has 2 aliphatic heterocycles. The highest BCUT2D eigenvalue weighted by molar-refractivity contribution is 8.01. The van der Waals surface area contributed by atoms with Crippen LogP contribution in [0.1, 0.15) is 5.69 Å². The maximum atomic E-state index is 13.0. The fourth-order valence-corrected chi connectivity index (χ4v) is 7.07. The predicted octanol–water partition coefficient (Wildman–Crippen LogP) is 1.11. The Balaban J connectivity index is 1.51. The van der Waals surface area contributed by atoms with Crippen LogP contribution in [0.2, 0.25) is 4.34 Å². The molecule has 0 aromatic carbocycles. The highest BCUT2D eigenvalue weighted by Crippen LogP contribution is 2.41. The third-order valence-electron chi connectivity index (χ3n) is 4.59. The summed E-state index contributed by atoms with van der Waals surface area (Å²) in [6, 6.07) is -0.994. The molecule has 17 heteroatoms. The number of oxime groups is 1. The number of nitrogens with two attached hydrogens (primary N) is 1. The molecule has 1 fully saturated rings. The lowest BCUT2D eigenvalue weighted by Gasteiger charge is -2.49. The van der Waals surface area contributed by atoms with Crippen molar-refractivity contribution in [2.45, 2.75) is 15.8 Å². The molecule has 0 radical (unpaired) electrons. The van der Waals surface area contributed by atoms with Crippen molar-refractivity contribution in [3.63, 3.8) is 0 Å². The number of carbonyl (C=O) groups is 3. The molecule has 2 atom stereocenters. The number of carbonyl (C=O) groups excluding carboxylic acids is 2. The van der Waals surface area contributed by atoms with E-state index in [1.807, 2.05) is 0 Å². The smallest absolute Gasteiger partial charge is 0.352 e. The van der Waals surface area contributed by atoms with Gasteiger partial charge in [0.05, 0.1) is 0 Å². The number of nitrogen functional groups attached to an aromatic ring is 1. The summed E-state index contributed by atoms with van der Waals surface area (Å²) >= 11 is 11.1. The van der Waals surface area contributed by atoms with Crippen molar-refractivity contribution in [2.75, 3.05) is 23.8 Å². The van der Waals surface area contributed by atoms with E-state index >= 15 is 0 Å². The van der Waals surface area contributed by atoms with Crippen molar-refractivity contribution in [1.82, 2.24) is 25.4 Å². The van der Waals surface area contributed by atoms with Crippen LogP contribution in [0.5, 0.6) is 0 Å². The Morgan fingerprint density at radius 2 is 2.31 bits per heavy atom. The second-order valence-electron chi connectivity index (χ2n) is 6.70. The number of carboxylic acids is 1. The maximum absolute atomic E-state index is 13.0. The number of terminal acetylenes is 1. The van der Waals surface area contributed by atoms with Gasteiger partial charge in [-0.05, 0) is 5.57 Å². The summed E-state index contributed by atoms with van der Waals surface area (Å²) in [6.45, 7) is -0.215. The van der Waals surface area contributed by atoms with Gasteiger partial charge in [-0.1, -0.05) is 57.1 Å². The molecular formula is C18H14ClN7O5S4. The Kier molecular flexibility index (Phi) is 7.82. The van der Waals surface area contributed by atoms with Crippen LogP contribution in [0.15, 0.2) is 26.3 Å². The molecule has 2 aromatic rings. The standard InChI is InChI=1S/C18H14ClN7O5S4/c1-2-3-31-25-9(8-12(19)35-17(20)23-8)13(27)22-10-14(28)26-11(16(29)30)7(4-32-15(10)26)5-33-18-24-21-6-34-18/h1,6,10,15H,3-5H2,(H2,20,23)(H,22,27)(H,29,30)/b25-9-/t10?,15-/m1/s1. The SMILES string of the molecule is C#CCO/N=C(\C(=O)NC1C(=O)N2C(C(=O)O)=C(CSc3nncs3)CS[C@H]12)c1nc(N)sc1Cl. The molecule has 0 bridgehead atoms. The summed E-state index contributed by atoms with van der Waals surface area (Å²) in [6.07, 6.45) is 5.15. The molecule has 182 valence electrons. The Labute approximate surface area is 219 Å². The van der Waals surface area contributed by atoms with E-state index in [2.05, 4.69) is 31.6 Å². The number of aromatic nitrogens is 3. The highest BCUT2D eigenvalue weighted by atomic mass is 35.5. The molecule has 12 nitrogen and oxygen atoms in total. The molecular weight excluding hydrogens is 558 g/mol. The molecule has 4 N–H and O–H groups in total. The number of halogens is 1. The van der Waals surface area contributed by atoms with Gasteiger partial charge in [0.25, 0.3) is 11.8 Å². The summed E-state index contributed by atoms with van der Waals surface area (Å²) in [5, 5.41) is 23.3. The van der Waals surface area contributed by atoms with Crippen LogP contribution >= 0.6 is 57.8 Å². The van der Waals surface area contributed by atoms with Crippen molar-refractivity contribution in [3.8, 4) is 12.3 Å². The van der Waals surface area contributed by atoms with Gasteiger partial charge < -0.3 is 21.0 Å². The number of hydrogen-bond donors (Lipinski definition) is 3. The van der Waals surface area contributed by atoms with Gasteiger partial charge in [-0.2, -0.15) is 0 Å². The van der Waals surface area contributed by atoms with Crippen LogP contribution in [0, 0.1) is 12.3 Å². The first-order chi connectivity index (χ1) is 16.8. The minimum absolute atomic E-state index is 0.0225. The number of fused-ring (bicyclic) bond motifs is 1. The van der Waals surface area contributed by atoms with E-state index in [0.717, 1.165) is 11.3 Å². The van der Waals surface area contributed by atoms with Gasteiger partial charge in [0.2, 0.25) is 0 Å². The zero-order chi connectivity index (χ0) is 25.1. The Bertz CT molecular complexity index is 1270. The zero-order valence-electron chi connectivity index (χ0n) is 17.3. The average Bonchev–Trinajstić information content (AvgIpc) is 3.46. The zero-order valence-corrected chi connectivity index (χ0v) is 21.4. The second kappa shape index (κ2) is 10.8. The number of anilines is 1. The number of thiazole rings is 1. The monoisotopic (exact) mass is 571 g/mol. The van der Waals surface area contributed by atoms with Gasteiger partial charge >= 0.3 is 5.97 Å². The average molecular weight is 572 g/mol. The number of nitrogens with one attached hydrogen (secondary N) is 1. The summed E-state index contributed by atoms with van der Waals surface area (Å²) < 4.78 is 0.789. The molecule has 2 aliphatic rings. The van der Waals surface area contributed by atoms with Crippen molar-refractivity contribution in [3.05, 3.63) is 26.8 Å². The van der Waals surface area contributed by atoms with E-state index < -0.39 is 29.2 Å². The van der Waals surface area contributed by atoms with Gasteiger partial charge in [-0.15, -0.1) is 28.4 Å². The first-order valence-electron chi connectivity index (χ1n) is 9.47. The number of hydrogen-bond acceptors (Lipinski definition) is 13. The van der Waals surface area contributed by atoms with Crippen LogP contribution in [0.25, 0.3) is 0 Å². The van der Waals surface area contributed by atoms with Crippen LogP contribution < -0.4 is 11.1 Å². The molecule has 1 saturated heterocycles. The predicted molar refractivity (Wildman–Crippen MR) is 133 cm³/mol. The molecule has 35 heavy (non-hydrogen) atoms. The van der Waals surface area contributed by atoms with Crippen molar-refractivity contribution < 1.29 is 24.3 Å². The van der Waals surface area contributed by atoms with Gasteiger partial charge in [-0.25, -0.2) is 9.78 Å². The number of amides is 2. The molecule has 0 spiro atoms. The van der Waals surface area contributed by atoms with Crippen LogP contribution in [0.3, 0.4) is 0 Å². The van der Waals surface area contributed by atoms with Gasteiger partial charge in [0, 0.05) is 11.5 Å². The van der Waals surface area contributed by atoms with Gasteiger partial charge in [0.15, 0.2) is 21.8 Å². The van der Waals surface area contributed by atoms with E-state index in [1.54, 1.807) is 5.51 Å². The number of β-lactam (4-membered cyclic amide) rings is 1. The Hall–Kier alpha value is -2.84. The van der Waals surface area contributed by atoms with E-state index in [0.29, 0.717) is 21.4 Å². The fraction of sp³-hybridized carbons (Fsp3) is 0.278. The molecule has 4 heterocycles. The maximum Gasteiger partial charge on any atom is 0.352 e. The Morgan fingerprint density at radius 1 is 1.51 bits per heavy atom. The number of nitrogens with zero attached hydrogens (tertiary/aromatic N) is 5. The van der Waals surface area contributed by atoms with E-state index in [9.17, 15) is 19.5 Å². The molecule has 4 rings (SSSR count). The molecule has 1 unspecified atom stereocenters. The fourth-order valence-electron chi connectivity index (χ4n) is 3.17. The number of carboxylic acid groups (broad SMARTS) is 1. The van der Waals surface area contributed by atoms with Crippen molar-refractivity contribution in [2.24, 2.45) is 5.16 Å². The lowest BCUT2D eigenvalue weighted by molar-refractivity contribution is -0.150. The molecule has 0 aliphatic carbocycles. The molecule has 2 aromatic heterocycles. The van der Waals surface area contributed by atoms with Gasteiger partial charge in [-0.3, -0.25) is 14.5 Å². The van der Waals surface area contributed by atoms with Crippen molar-refractivity contribution in [1.29, 1.82) is 0 Å². The Morgan fingerprint density at radius 3 is 2.94 bits per heavy atom. The second-order valence-corrected chi connectivity index (χ2v) is 11.5. The third kappa shape index (κ3) is 5.23. The molecule has 0 saturated carbocycles. The largest absolute Gasteiger partial charge is 0.477 e. The van der Waals surface area contributed by atoms with E-state index in [1.165, 1.54) is 39.8 Å². The topological polar surface area (TPSA) is 173 Å². The number of aliphatic carboxylic acids is 1. The van der Waals surface area contributed by atoms with Crippen LogP contribution in [0.4, 0.5) is 5.13 Å². The number of thioether (sulfide) groups is 2. The molecule has 2 amide bonds. The van der Waals surface area contributed by atoms with Crippen molar-refractivity contribution >= 4 is 86.4 Å². The lowest BCUT2D eigenvalue weighted by atomic mass is 10.0. The third-order valence-corrected chi connectivity index (χ3v) is 8.96. The summed E-state index contributed by atoms with van der Waals surface area (Å²) in [5.41, 5.74) is 7.39. The summed E-state index contributed by atoms with van der Waals surface area (Å²) in [5.74, 6) is 0.308. The van der Waals surface area contributed by atoms with Crippen LogP contribution in [-0.2, 0) is 19.2 Å². The normalized spacial score (nSPS) is 19.6. The van der Waals surface area contributed by atoms with Crippen LogP contribution in [-0.4, -0.2) is 78.2 Å².